The van der Waals surface area contributed by atoms with Crippen molar-refractivity contribution in [3.05, 3.63) is 39.9 Å². The molecule has 0 saturated carbocycles. The van der Waals surface area contributed by atoms with Crippen LogP contribution >= 0.6 is 11.3 Å². The molecule has 2 aromatic rings. The van der Waals surface area contributed by atoms with Crippen LogP contribution in [0.5, 0.6) is 0 Å². The fraction of sp³-hybridized carbons (Fsp3) is 0.222. The second-order valence-electron chi connectivity index (χ2n) is 2.95. The van der Waals surface area contributed by atoms with Crippen LogP contribution in [0.25, 0.3) is 0 Å². The van der Waals surface area contributed by atoms with Crippen molar-refractivity contribution in [3.63, 3.8) is 0 Å². The van der Waals surface area contributed by atoms with Crippen LogP contribution in [0.1, 0.15) is 10.6 Å². The van der Waals surface area contributed by atoms with Crippen LogP contribution in [0.4, 0.5) is 0 Å². The van der Waals surface area contributed by atoms with Crippen molar-refractivity contribution in [3.8, 4) is 0 Å². The molecule has 72 valence electrons. The molecule has 0 amide bonds. The van der Waals surface area contributed by atoms with E-state index in [0.29, 0.717) is 11.3 Å². The van der Waals surface area contributed by atoms with Crippen LogP contribution in [-0.2, 0) is 6.54 Å². The lowest BCUT2D eigenvalue weighted by Crippen LogP contribution is -2.15. The molecule has 0 fully saturated rings. The Labute approximate surface area is 85.4 Å². The van der Waals surface area contributed by atoms with E-state index in [0.717, 1.165) is 10.6 Å². The molecule has 0 radical (unpaired) electrons. The number of pyridine rings is 1. The van der Waals surface area contributed by atoms with Crippen molar-refractivity contribution in [2.75, 3.05) is 0 Å². The summed E-state index contributed by atoms with van der Waals surface area (Å²) in [4.78, 5) is 4.50. The average molecular weight is 206 g/mol. The first kappa shape index (κ1) is 9.08. The molecule has 0 bridgehead atoms. The number of nitrogens with zero attached hydrogens (tertiary/aromatic N) is 3. The smallest absolute Gasteiger partial charge is 0.200 e. The van der Waals surface area contributed by atoms with E-state index in [1.54, 1.807) is 17.1 Å². The highest BCUT2D eigenvalue weighted by atomic mass is 32.1. The molecule has 0 aromatic carbocycles. The minimum Gasteiger partial charge on any atom is -0.274 e. The molecule has 0 saturated heterocycles. The van der Waals surface area contributed by atoms with Gasteiger partial charge in [0.15, 0.2) is 0 Å². The number of aryl methyl sites for hydroxylation is 1. The molecular formula is C9H10N4S. The van der Waals surface area contributed by atoms with Gasteiger partial charge in [-0.05, 0) is 18.6 Å². The highest BCUT2D eigenvalue weighted by Crippen LogP contribution is 2.00. The van der Waals surface area contributed by atoms with Crippen LogP contribution in [0.3, 0.4) is 0 Å². The predicted molar refractivity (Wildman–Crippen MR) is 54.0 cm³/mol. The van der Waals surface area contributed by atoms with Gasteiger partial charge in [-0.15, -0.1) is 0 Å². The third-order valence-electron chi connectivity index (χ3n) is 1.80. The zero-order valence-corrected chi connectivity index (χ0v) is 8.58. The lowest BCUT2D eigenvalue weighted by molar-refractivity contribution is 0.641. The molecule has 2 aromatic heterocycles. The Morgan fingerprint density at radius 1 is 1.57 bits per heavy atom. The molecule has 4 nitrogen and oxygen atoms in total. The number of hydrogen-bond donors (Lipinski definition) is 1. The van der Waals surface area contributed by atoms with E-state index in [-0.39, 0.29) is 0 Å². The summed E-state index contributed by atoms with van der Waals surface area (Å²) in [7, 11) is 0. The molecule has 2 heterocycles. The van der Waals surface area contributed by atoms with E-state index in [2.05, 4.69) is 10.1 Å². The van der Waals surface area contributed by atoms with E-state index in [1.165, 1.54) is 11.3 Å². The van der Waals surface area contributed by atoms with E-state index < -0.39 is 0 Å². The molecular weight excluding hydrogens is 196 g/mol. The van der Waals surface area contributed by atoms with Crippen LogP contribution in [0, 0.1) is 12.3 Å². The van der Waals surface area contributed by atoms with Gasteiger partial charge in [-0.25, -0.2) is 4.68 Å². The van der Waals surface area contributed by atoms with E-state index in [9.17, 15) is 0 Å². The molecule has 14 heavy (non-hydrogen) atoms. The molecule has 0 spiro atoms. The topological polar surface area (TPSA) is 54.6 Å². The van der Waals surface area contributed by atoms with Crippen molar-refractivity contribution in [1.29, 1.82) is 5.41 Å². The maximum absolute atomic E-state index is 7.64. The van der Waals surface area contributed by atoms with Crippen LogP contribution in [0.2, 0.25) is 0 Å². The average Bonchev–Trinajstić information content (AvgIpc) is 2.47. The van der Waals surface area contributed by atoms with Crippen LogP contribution in [-0.4, -0.2) is 14.8 Å². The SMILES string of the molecule is Cc1nn(Cc2cccnc2)c(=N)s1. The first-order valence-electron chi connectivity index (χ1n) is 4.24. The maximum atomic E-state index is 7.64. The van der Waals surface area contributed by atoms with Crippen LogP contribution in [0.15, 0.2) is 24.5 Å². The van der Waals surface area contributed by atoms with Gasteiger partial charge in [0.05, 0.1) is 6.54 Å². The molecule has 5 heteroatoms. The van der Waals surface area contributed by atoms with Gasteiger partial charge in [0, 0.05) is 12.4 Å². The Hall–Kier alpha value is -1.49. The Kier molecular flexibility index (Phi) is 2.41. The normalized spacial score (nSPS) is 10.4. The second kappa shape index (κ2) is 3.71. The summed E-state index contributed by atoms with van der Waals surface area (Å²) in [5, 5.41) is 12.8. The summed E-state index contributed by atoms with van der Waals surface area (Å²) >= 11 is 1.39. The van der Waals surface area contributed by atoms with Crippen molar-refractivity contribution in [2.24, 2.45) is 0 Å². The highest BCUT2D eigenvalue weighted by Gasteiger charge is 2.00. The lowest BCUT2D eigenvalue weighted by atomic mass is 10.3. The third kappa shape index (κ3) is 1.88. The van der Waals surface area contributed by atoms with Gasteiger partial charge < -0.3 is 0 Å². The van der Waals surface area contributed by atoms with Crippen molar-refractivity contribution in [2.45, 2.75) is 13.5 Å². The quantitative estimate of drug-likeness (QED) is 0.802. The standard InChI is InChI=1S/C9H10N4S/c1-7-12-13(9(10)14-7)6-8-3-2-4-11-5-8/h2-5,10H,6H2,1H3. The number of hydrogen-bond acceptors (Lipinski definition) is 4. The Balaban J connectivity index is 2.28. The summed E-state index contributed by atoms with van der Waals surface area (Å²) in [5.74, 6) is 0. The molecule has 0 unspecified atom stereocenters. The molecule has 0 aliphatic heterocycles. The van der Waals surface area contributed by atoms with Gasteiger partial charge in [0.25, 0.3) is 0 Å². The molecule has 1 N–H and O–H groups in total. The first-order chi connectivity index (χ1) is 6.75. The van der Waals surface area contributed by atoms with Gasteiger partial charge in [-0.2, -0.15) is 5.10 Å². The predicted octanol–water partition coefficient (Wildman–Crippen LogP) is 1.18. The zero-order valence-electron chi connectivity index (χ0n) is 7.77. The van der Waals surface area contributed by atoms with Gasteiger partial charge in [0.1, 0.15) is 5.01 Å². The van der Waals surface area contributed by atoms with E-state index in [1.807, 2.05) is 19.1 Å². The van der Waals surface area contributed by atoms with Gasteiger partial charge >= 0.3 is 0 Å². The summed E-state index contributed by atoms with van der Waals surface area (Å²) in [5.41, 5.74) is 1.07. The first-order valence-corrected chi connectivity index (χ1v) is 5.05. The minimum atomic E-state index is 0.478. The van der Waals surface area contributed by atoms with E-state index in [4.69, 9.17) is 5.41 Å². The van der Waals surface area contributed by atoms with Gasteiger partial charge in [-0.1, -0.05) is 17.4 Å². The zero-order chi connectivity index (χ0) is 9.97. The summed E-state index contributed by atoms with van der Waals surface area (Å²) in [6, 6.07) is 3.87. The second-order valence-corrected chi connectivity index (χ2v) is 4.13. The van der Waals surface area contributed by atoms with Gasteiger partial charge in [0.2, 0.25) is 4.80 Å². The Morgan fingerprint density at radius 2 is 2.43 bits per heavy atom. The molecule has 0 aliphatic rings. The summed E-state index contributed by atoms with van der Waals surface area (Å²) < 4.78 is 1.68. The van der Waals surface area contributed by atoms with Crippen LogP contribution < -0.4 is 4.80 Å². The largest absolute Gasteiger partial charge is 0.274 e. The van der Waals surface area contributed by atoms with Gasteiger partial charge in [-0.3, -0.25) is 10.4 Å². The highest BCUT2D eigenvalue weighted by molar-refractivity contribution is 7.08. The Bertz CT molecular complexity index is 471. The fourth-order valence-electron chi connectivity index (χ4n) is 1.20. The number of rotatable bonds is 2. The van der Waals surface area contributed by atoms with Crippen molar-refractivity contribution >= 4 is 11.3 Å². The molecule has 2 rings (SSSR count). The molecule has 0 atom stereocenters. The minimum absolute atomic E-state index is 0.478. The van der Waals surface area contributed by atoms with Crippen molar-refractivity contribution in [1.82, 2.24) is 14.8 Å². The van der Waals surface area contributed by atoms with Crippen molar-refractivity contribution < 1.29 is 0 Å². The molecule has 0 aliphatic carbocycles. The third-order valence-corrected chi connectivity index (χ3v) is 2.58. The Morgan fingerprint density at radius 3 is 3.00 bits per heavy atom. The number of nitrogens with one attached hydrogen (secondary N) is 1. The summed E-state index contributed by atoms with van der Waals surface area (Å²) in [6.45, 7) is 2.53. The lowest BCUT2D eigenvalue weighted by Gasteiger charge is -1.99. The van der Waals surface area contributed by atoms with E-state index >= 15 is 0 Å². The number of aromatic nitrogens is 3. The summed E-state index contributed by atoms with van der Waals surface area (Å²) in [6.07, 6.45) is 3.53. The fourth-order valence-corrected chi connectivity index (χ4v) is 1.83. The maximum Gasteiger partial charge on any atom is 0.200 e. The monoisotopic (exact) mass is 206 g/mol.